The molecule has 0 saturated carbocycles. The van der Waals surface area contributed by atoms with Crippen molar-refractivity contribution in [2.24, 2.45) is 0 Å². The minimum absolute atomic E-state index is 0.262. The van der Waals surface area contributed by atoms with Gasteiger partial charge in [0.2, 0.25) is 0 Å². The van der Waals surface area contributed by atoms with E-state index in [2.05, 4.69) is 4.74 Å². The molecular weight excluding hydrogens is 477 g/mol. The van der Waals surface area contributed by atoms with E-state index in [4.69, 9.17) is 0 Å². The second kappa shape index (κ2) is 7.62. The van der Waals surface area contributed by atoms with Crippen LogP contribution in [0.4, 0.5) is 57.1 Å². The molecule has 0 unspecified atom stereocenters. The third-order valence-corrected chi connectivity index (χ3v) is 4.41. The Morgan fingerprint density at radius 3 is 1.48 bits per heavy atom. The average molecular weight is 485 g/mol. The minimum Gasteiger partial charge on any atom is -0.465 e. The molecule has 0 fully saturated rings. The highest BCUT2D eigenvalue weighted by molar-refractivity contribution is 7.90. The molecule has 1 N–H and O–H groups in total. The van der Waals surface area contributed by atoms with E-state index in [1.807, 2.05) is 0 Å². The molecule has 0 aromatic carbocycles. The lowest BCUT2D eigenvalue weighted by Crippen LogP contribution is -2.71. The fourth-order valence-corrected chi connectivity index (χ4v) is 2.34. The molecule has 0 spiro atoms. The van der Waals surface area contributed by atoms with Gasteiger partial charge in [0, 0.05) is 0 Å². The van der Waals surface area contributed by atoms with E-state index in [1.165, 1.54) is 0 Å². The smallest absolute Gasteiger partial charge is 0.460 e. The number of esters is 1. The van der Waals surface area contributed by atoms with E-state index in [9.17, 15) is 70.3 Å². The van der Waals surface area contributed by atoms with Crippen molar-refractivity contribution in [2.45, 2.75) is 42.0 Å². The van der Waals surface area contributed by atoms with Gasteiger partial charge >= 0.3 is 41.1 Å². The first kappa shape index (κ1) is 27.5. The predicted molar refractivity (Wildman–Crippen MR) is 64.3 cm³/mol. The monoisotopic (exact) mass is 485 g/mol. The van der Waals surface area contributed by atoms with Crippen molar-refractivity contribution in [3.63, 3.8) is 0 Å². The Labute approximate surface area is 152 Å². The van der Waals surface area contributed by atoms with Gasteiger partial charge in [-0.3, -0.25) is 4.79 Å². The summed E-state index contributed by atoms with van der Waals surface area (Å²) in [4.78, 5) is 10.8. The van der Waals surface area contributed by atoms with Crippen LogP contribution in [0.15, 0.2) is 0 Å². The van der Waals surface area contributed by atoms with Gasteiger partial charge in [0.1, 0.15) is 6.54 Å². The number of ether oxygens (including phenoxy) is 1. The maximum absolute atomic E-state index is 13.4. The molecule has 29 heavy (non-hydrogen) atoms. The van der Waals surface area contributed by atoms with Crippen molar-refractivity contribution in [3.05, 3.63) is 0 Å². The summed E-state index contributed by atoms with van der Waals surface area (Å²) < 4.78 is 193. The number of carbonyl (C=O) groups is 1. The van der Waals surface area contributed by atoms with Crippen LogP contribution < -0.4 is 4.72 Å². The summed E-state index contributed by atoms with van der Waals surface area (Å²) in [5, 5.41) is -7.40. The summed E-state index contributed by atoms with van der Waals surface area (Å²) in [6, 6.07) is 0. The third-order valence-electron chi connectivity index (χ3n) is 2.95. The number of rotatable bonds is 9. The second-order valence-electron chi connectivity index (χ2n) is 4.94. The van der Waals surface area contributed by atoms with Crippen LogP contribution in [0.25, 0.3) is 0 Å². The first-order valence-electron chi connectivity index (χ1n) is 6.56. The van der Waals surface area contributed by atoms with Crippen LogP contribution in [-0.4, -0.2) is 62.7 Å². The normalized spacial score (nSPS) is 15.4. The fourth-order valence-electron chi connectivity index (χ4n) is 1.38. The summed E-state index contributed by atoms with van der Waals surface area (Å²) >= 11 is 0. The van der Waals surface area contributed by atoms with Gasteiger partial charge in [-0.1, -0.05) is 0 Å². The lowest BCUT2D eigenvalue weighted by molar-refractivity contribution is -0.433. The van der Waals surface area contributed by atoms with Gasteiger partial charge in [-0.2, -0.15) is 61.8 Å². The van der Waals surface area contributed by atoms with Crippen LogP contribution in [-0.2, 0) is 19.6 Å². The Morgan fingerprint density at radius 2 is 1.14 bits per heavy atom. The summed E-state index contributed by atoms with van der Waals surface area (Å²) in [5.74, 6) is -34.3. The molecule has 19 heteroatoms. The number of hydrogen-bond acceptors (Lipinski definition) is 4. The maximum Gasteiger partial charge on any atom is 0.460 e. The van der Waals surface area contributed by atoms with Crippen molar-refractivity contribution >= 4 is 16.0 Å². The first-order chi connectivity index (χ1) is 12.5. The molecule has 0 aliphatic carbocycles. The highest BCUT2D eigenvalue weighted by Gasteiger charge is 2.92. The van der Waals surface area contributed by atoms with Gasteiger partial charge < -0.3 is 4.74 Å². The van der Waals surface area contributed by atoms with Crippen LogP contribution in [0.5, 0.6) is 0 Å². The zero-order chi connectivity index (χ0) is 23.9. The van der Waals surface area contributed by atoms with Crippen LogP contribution in [0.3, 0.4) is 0 Å². The number of nitrogens with one attached hydrogen (secondary N) is 1. The molecular formula is C10H8F13NO4S. The van der Waals surface area contributed by atoms with Crippen LogP contribution in [0.1, 0.15) is 6.92 Å². The number of hydrogen-bond donors (Lipinski definition) is 1. The van der Waals surface area contributed by atoms with E-state index < -0.39 is 64.3 Å². The van der Waals surface area contributed by atoms with Gasteiger partial charge in [-0.05, 0) is 6.92 Å². The summed E-state index contributed by atoms with van der Waals surface area (Å²) in [6.07, 6.45) is -7.62. The van der Waals surface area contributed by atoms with Crippen molar-refractivity contribution in [1.82, 2.24) is 4.72 Å². The molecule has 0 bridgehead atoms. The third kappa shape index (κ3) is 4.19. The molecule has 174 valence electrons. The van der Waals surface area contributed by atoms with Crippen molar-refractivity contribution in [2.75, 3.05) is 13.2 Å². The maximum atomic E-state index is 13.4. The standard InChI is InChI=1S/C10H8F13NO4S/c1-2-28-4(25)3-24-29(26,27)10(22,23)8(17,18)6(13,14)5(11,12)7(15,16)9(19,20)21/h24H,2-3H2,1H3. The lowest BCUT2D eigenvalue weighted by atomic mass is 9.98. The lowest BCUT2D eigenvalue weighted by Gasteiger charge is -2.39. The van der Waals surface area contributed by atoms with Gasteiger partial charge in [0.15, 0.2) is 0 Å². The Bertz CT molecular complexity index is 716. The number of halogens is 13. The molecule has 0 aliphatic rings. The highest BCUT2D eigenvalue weighted by Crippen LogP contribution is 2.60. The summed E-state index contributed by atoms with van der Waals surface area (Å²) in [6.45, 7) is -1.37. The first-order valence-corrected chi connectivity index (χ1v) is 8.04. The zero-order valence-electron chi connectivity index (χ0n) is 13.4. The van der Waals surface area contributed by atoms with Crippen molar-refractivity contribution < 1.29 is 75.0 Å². The van der Waals surface area contributed by atoms with E-state index in [-0.39, 0.29) is 4.72 Å². The van der Waals surface area contributed by atoms with Crippen molar-refractivity contribution in [3.8, 4) is 0 Å². The largest absolute Gasteiger partial charge is 0.465 e. The van der Waals surface area contributed by atoms with E-state index in [0.29, 0.717) is 0 Å². The topological polar surface area (TPSA) is 72.5 Å². The van der Waals surface area contributed by atoms with E-state index in [1.54, 1.807) is 0 Å². The minimum atomic E-state index is -8.26. The molecule has 0 rings (SSSR count). The Kier molecular flexibility index (Phi) is 7.22. The van der Waals surface area contributed by atoms with E-state index >= 15 is 0 Å². The molecule has 0 atom stereocenters. The Hall–Kier alpha value is -1.53. The van der Waals surface area contributed by atoms with Gasteiger partial charge in [0.05, 0.1) is 6.61 Å². The van der Waals surface area contributed by atoms with E-state index in [0.717, 1.165) is 6.92 Å². The fraction of sp³-hybridized carbons (Fsp3) is 0.900. The van der Waals surface area contributed by atoms with Gasteiger partial charge in [-0.15, -0.1) is 0 Å². The molecule has 0 aromatic rings. The van der Waals surface area contributed by atoms with Crippen LogP contribution in [0, 0.1) is 0 Å². The molecule has 0 aromatic heterocycles. The number of carbonyl (C=O) groups excluding carboxylic acids is 1. The molecule has 0 saturated heterocycles. The SMILES string of the molecule is CCOC(=O)CNS(=O)(=O)C(F)(F)C(F)(F)C(F)(F)C(F)(F)C(F)(F)C(F)(F)F. The number of sulfonamides is 1. The molecule has 0 aliphatic heterocycles. The molecule has 0 amide bonds. The summed E-state index contributed by atoms with van der Waals surface area (Å²) in [7, 11) is -7.23. The Morgan fingerprint density at radius 1 is 0.759 bits per heavy atom. The number of alkyl halides is 13. The van der Waals surface area contributed by atoms with Gasteiger partial charge in [0.25, 0.3) is 10.0 Å². The summed E-state index contributed by atoms with van der Waals surface area (Å²) in [5.41, 5.74) is 0. The second-order valence-corrected chi connectivity index (χ2v) is 6.75. The molecule has 0 radical (unpaired) electrons. The predicted octanol–water partition coefficient (Wildman–Crippen LogP) is 3.17. The Balaban J connectivity index is 6.26. The quantitative estimate of drug-likeness (QED) is 0.403. The molecule has 0 heterocycles. The molecule has 5 nitrogen and oxygen atoms in total. The average Bonchev–Trinajstić information content (AvgIpc) is 2.51. The van der Waals surface area contributed by atoms with Gasteiger partial charge in [-0.25, -0.2) is 8.42 Å². The zero-order valence-corrected chi connectivity index (χ0v) is 14.2. The van der Waals surface area contributed by atoms with Crippen LogP contribution in [0.2, 0.25) is 0 Å². The van der Waals surface area contributed by atoms with Crippen molar-refractivity contribution in [1.29, 1.82) is 0 Å². The van der Waals surface area contributed by atoms with Crippen LogP contribution >= 0.6 is 0 Å². The highest BCUT2D eigenvalue weighted by atomic mass is 32.2.